The van der Waals surface area contributed by atoms with E-state index < -0.39 is 6.04 Å². The van der Waals surface area contributed by atoms with Crippen LogP contribution in [0.1, 0.15) is 31.9 Å². The lowest BCUT2D eigenvalue weighted by molar-refractivity contribution is 0.300. The van der Waals surface area contributed by atoms with Crippen molar-refractivity contribution in [2.45, 2.75) is 39.2 Å². The maximum absolute atomic E-state index is 8.63. The van der Waals surface area contributed by atoms with Crippen LogP contribution >= 0.6 is 0 Å². The molecule has 0 aromatic heterocycles. The average Bonchev–Trinajstić information content (AvgIpc) is 2.25. The summed E-state index contributed by atoms with van der Waals surface area (Å²) < 4.78 is 5.62. The first-order chi connectivity index (χ1) is 7.84. The summed E-state index contributed by atoms with van der Waals surface area (Å²) in [6.07, 6.45) is 0. The molecule has 0 aliphatic heterocycles. The van der Waals surface area contributed by atoms with Gasteiger partial charge in [-0.05, 0) is 24.0 Å². The van der Waals surface area contributed by atoms with Gasteiger partial charge in [-0.1, -0.05) is 38.5 Å². The Balaban J connectivity index is 2.96. The maximum Gasteiger partial charge on any atom is 0.127 e. The minimum Gasteiger partial charge on any atom is -0.491 e. The van der Waals surface area contributed by atoms with E-state index in [1.165, 1.54) is 5.56 Å². The van der Waals surface area contributed by atoms with Crippen LogP contribution in [-0.2, 0) is 5.41 Å². The molecule has 0 bridgehead atoms. The zero-order chi connectivity index (χ0) is 13.1. The first kappa shape index (κ1) is 13.5. The number of ether oxygens (including phenoxy) is 1. The SMILES string of the molecule is Cc1ccc(OCC(N)C#N)c(C(C)(C)C)c1. The van der Waals surface area contributed by atoms with E-state index >= 15 is 0 Å². The van der Waals surface area contributed by atoms with Gasteiger partial charge in [0.2, 0.25) is 0 Å². The van der Waals surface area contributed by atoms with Crippen molar-refractivity contribution in [1.29, 1.82) is 5.26 Å². The number of nitrogens with two attached hydrogens (primary N) is 1. The minimum absolute atomic E-state index is 0.0120. The van der Waals surface area contributed by atoms with Crippen LogP contribution in [0.4, 0.5) is 0 Å². The van der Waals surface area contributed by atoms with Gasteiger partial charge in [-0.15, -0.1) is 0 Å². The van der Waals surface area contributed by atoms with Crippen molar-refractivity contribution in [2.75, 3.05) is 6.61 Å². The highest BCUT2D eigenvalue weighted by atomic mass is 16.5. The molecule has 0 amide bonds. The molecule has 0 fully saturated rings. The third-order valence-corrected chi connectivity index (χ3v) is 2.53. The summed E-state index contributed by atoms with van der Waals surface area (Å²) in [7, 11) is 0. The molecule has 0 saturated heterocycles. The van der Waals surface area contributed by atoms with Gasteiger partial charge in [0.1, 0.15) is 18.4 Å². The van der Waals surface area contributed by atoms with Crippen LogP contribution in [0.15, 0.2) is 18.2 Å². The first-order valence-electron chi connectivity index (χ1n) is 5.73. The van der Waals surface area contributed by atoms with Gasteiger partial charge in [-0.25, -0.2) is 0 Å². The fraction of sp³-hybridized carbons (Fsp3) is 0.500. The molecule has 0 heterocycles. The highest BCUT2D eigenvalue weighted by Crippen LogP contribution is 2.32. The fourth-order valence-corrected chi connectivity index (χ4v) is 1.57. The Hall–Kier alpha value is -1.53. The van der Waals surface area contributed by atoms with Crippen molar-refractivity contribution in [3.63, 3.8) is 0 Å². The lowest BCUT2D eigenvalue weighted by Gasteiger charge is -2.23. The van der Waals surface area contributed by atoms with E-state index in [1.807, 2.05) is 18.2 Å². The summed E-state index contributed by atoms with van der Waals surface area (Å²) in [5.41, 5.74) is 7.88. The maximum atomic E-state index is 8.63. The van der Waals surface area contributed by atoms with E-state index in [-0.39, 0.29) is 12.0 Å². The molecule has 1 aromatic rings. The highest BCUT2D eigenvalue weighted by Gasteiger charge is 2.19. The van der Waals surface area contributed by atoms with E-state index in [9.17, 15) is 0 Å². The molecule has 1 aromatic carbocycles. The largest absolute Gasteiger partial charge is 0.491 e. The fourth-order valence-electron chi connectivity index (χ4n) is 1.57. The first-order valence-corrected chi connectivity index (χ1v) is 5.73. The summed E-state index contributed by atoms with van der Waals surface area (Å²) in [5.74, 6) is 0.814. The van der Waals surface area contributed by atoms with Crippen LogP contribution in [-0.4, -0.2) is 12.6 Å². The summed E-state index contributed by atoms with van der Waals surface area (Å²) >= 11 is 0. The minimum atomic E-state index is -0.580. The monoisotopic (exact) mass is 232 g/mol. The Morgan fingerprint density at radius 2 is 2.06 bits per heavy atom. The van der Waals surface area contributed by atoms with Gasteiger partial charge in [-0.3, -0.25) is 0 Å². The second-order valence-electron chi connectivity index (χ2n) is 5.30. The number of aryl methyl sites for hydroxylation is 1. The van der Waals surface area contributed by atoms with Gasteiger partial charge in [-0.2, -0.15) is 5.26 Å². The molecular formula is C14H20N2O. The lowest BCUT2D eigenvalue weighted by Crippen LogP contribution is -2.26. The van der Waals surface area contributed by atoms with Crippen LogP contribution in [0.2, 0.25) is 0 Å². The third-order valence-electron chi connectivity index (χ3n) is 2.53. The van der Waals surface area contributed by atoms with Crippen molar-refractivity contribution in [2.24, 2.45) is 5.73 Å². The zero-order valence-corrected chi connectivity index (χ0v) is 10.9. The second kappa shape index (κ2) is 5.20. The van der Waals surface area contributed by atoms with E-state index in [4.69, 9.17) is 15.7 Å². The molecule has 0 spiro atoms. The molecule has 0 aliphatic rings. The molecule has 1 unspecified atom stereocenters. The average molecular weight is 232 g/mol. The number of nitrogens with zero attached hydrogens (tertiary/aromatic N) is 1. The second-order valence-corrected chi connectivity index (χ2v) is 5.30. The van der Waals surface area contributed by atoms with E-state index in [0.717, 1.165) is 11.3 Å². The number of nitriles is 1. The smallest absolute Gasteiger partial charge is 0.127 e. The van der Waals surface area contributed by atoms with Crippen LogP contribution in [0.5, 0.6) is 5.75 Å². The molecule has 2 N–H and O–H groups in total. The highest BCUT2D eigenvalue weighted by molar-refractivity contribution is 5.41. The zero-order valence-electron chi connectivity index (χ0n) is 10.9. The number of rotatable bonds is 3. The Labute approximate surface area is 103 Å². The van der Waals surface area contributed by atoms with Crippen molar-refractivity contribution >= 4 is 0 Å². The van der Waals surface area contributed by atoms with Crippen LogP contribution in [0.25, 0.3) is 0 Å². The van der Waals surface area contributed by atoms with Gasteiger partial charge >= 0.3 is 0 Å². The summed E-state index contributed by atoms with van der Waals surface area (Å²) in [5, 5.41) is 8.63. The standard InChI is InChI=1S/C14H20N2O/c1-10-5-6-13(17-9-11(16)8-15)12(7-10)14(2,3)4/h5-7,11H,9,16H2,1-4H3. The molecule has 1 atom stereocenters. The predicted octanol–water partition coefficient (Wildman–Crippen LogP) is 2.52. The third kappa shape index (κ3) is 3.76. The van der Waals surface area contributed by atoms with Crippen LogP contribution in [0, 0.1) is 18.3 Å². The van der Waals surface area contributed by atoms with Crippen LogP contribution in [0.3, 0.4) is 0 Å². The van der Waals surface area contributed by atoms with Crippen molar-refractivity contribution < 1.29 is 4.74 Å². The Bertz CT molecular complexity index is 427. The predicted molar refractivity (Wildman–Crippen MR) is 69.0 cm³/mol. The van der Waals surface area contributed by atoms with Gasteiger partial charge in [0.15, 0.2) is 0 Å². The summed E-state index contributed by atoms with van der Waals surface area (Å²) in [4.78, 5) is 0. The van der Waals surface area contributed by atoms with Crippen LogP contribution < -0.4 is 10.5 Å². The number of hydrogen-bond acceptors (Lipinski definition) is 3. The molecule has 0 saturated carbocycles. The Kier molecular flexibility index (Phi) is 4.14. The van der Waals surface area contributed by atoms with E-state index in [0.29, 0.717) is 0 Å². The molecule has 17 heavy (non-hydrogen) atoms. The molecule has 0 aliphatic carbocycles. The molecule has 0 radical (unpaired) electrons. The van der Waals surface area contributed by atoms with Crippen molar-refractivity contribution in [3.8, 4) is 11.8 Å². The quantitative estimate of drug-likeness (QED) is 0.871. The summed E-state index contributed by atoms with van der Waals surface area (Å²) in [6.45, 7) is 8.69. The Morgan fingerprint density at radius 1 is 1.41 bits per heavy atom. The van der Waals surface area contributed by atoms with E-state index in [1.54, 1.807) is 0 Å². The molecule has 92 valence electrons. The Morgan fingerprint density at radius 3 is 2.59 bits per heavy atom. The molecular weight excluding hydrogens is 212 g/mol. The van der Waals surface area contributed by atoms with Crippen molar-refractivity contribution in [3.05, 3.63) is 29.3 Å². The molecule has 3 nitrogen and oxygen atoms in total. The summed E-state index contributed by atoms with van der Waals surface area (Å²) in [6, 6.07) is 7.44. The normalized spacial score (nSPS) is 12.9. The topological polar surface area (TPSA) is 59.0 Å². The number of hydrogen-bond donors (Lipinski definition) is 1. The van der Waals surface area contributed by atoms with Gasteiger partial charge in [0.05, 0.1) is 6.07 Å². The van der Waals surface area contributed by atoms with E-state index in [2.05, 4.69) is 33.8 Å². The molecule has 3 heteroatoms. The van der Waals surface area contributed by atoms with Gasteiger partial charge in [0.25, 0.3) is 0 Å². The number of benzene rings is 1. The molecule has 1 rings (SSSR count). The van der Waals surface area contributed by atoms with Gasteiger partial charge < -0.3 is 10.5 Å². The van der Waals surface area contributed by atoms with Crippen molar-refractivity contribution in [1.82, 2.24) is 0 Å². The van der Waals surface area contributed by atoms with Gasteiger partial charge in [0, 0.05) is 0 Å². The lowest BCUT2D eigenvalue weighted by atomic mass is 9.85.